The van der Waals surface area contributed by atoms with Crippen LogP contribution in [0.3, 0.4) is 0 Å². The van der Waals surface area contributed by atoms with E-state index >= 15 is 0 Å². The predicted octanol–water partition coefficient (Wildman–Crippen LogP) is 2.40. The van der Waals surface area contributed by atoms with E-state index in [0.29, 0.717) is 18.5 Å². The van der Waals surface area contributed by atoms with Gasteiger partial charge in [-0.25, -0.2) is 0 Å². The molecule has 76 valence electrons. The van der Waals surface area contributed by atoms with Crippen LogP contribution in [-0.2, 0) is 4.79 Å². The van der Waals surface area contributed by atoms with E-state index in [0.717, 1.165) is 6.54 Å². The van der Waals surface area contributed by atoms with E-state index in [2.05, 4.69) is 18.7 Å². The van der Waals surface area contributed by atoms with Crippen molar-refractivity contribution in [1.29, 1.82) is 0 Å². The minimum Gasteiger partial charge on any atom is -0.298 e. The number of nitrogens with zero attached hydrogens (tertiary/aromatic N) is 1. The van der Waals surface area contributed by atoms with E-state index in [4.69, 9.17) is 11.6 Å². The molecule has 3 heteroatoms. The van der Waals surface area contributed by atoms with E-state index in [1.807, 2.05) is 0 Å². The van der Waals surface area contributed by atoms with Crippen LogP contribution < -0.4 is 0 Å². The topological polar surface area (TPSA) is 20.3 Å². The average Bonchev–Trinajstić information content (AvgIpc) is 2.03. The highest BCUT2D eigenvalue weighted by atomic mass is 35.5. The molecule has 0 aromatic rings. The molecule has 2 atom stereocenters. The van der Waals surface area contributed by atoms with Gasteiger partial charge in [0.15, 0.2) is 0 Å². The second-order valence-electron chi connectivity index (χ2n) is 3.97. The number of piperidine rings is 1. The summed E-state index contributed by atoms with van der Waals surface area (Å²) in [7, 11) is 0. The number of hydrogen-bond donors (Lipinski definition) is 0. The third kappa shape index (κ3) is 3.28. The Morgan fingerprint density at radius 1 is 1.38 bits per heavy atom. The first-order valence-electron chi connectivity index (χ1n) is 5.05. The predicted molar refractivity (Wildman–Crippen MR) is 55.0 cm³/mol. The van der Waals surface area contributed by atoms with Crippen LogP contribution in [0.2, 0.25) is 0 Å². The summed E-state index contributed by atoms with van der Waals surface area (Å²) < 4.78 is 0. The van der Waals surface area contributed by atoms with Crippen LogP contribution in [0, 0.1) is 0 Å². The first-order valence-corrected chi connectivity index (χ1v) is 5.43. The Kier molecular flexibility index (Phi) is 4.20. The van der Waals surface area contributed by atoms with Crippen molar-refractivity contribution >= 4 is 16.8 Å². The Morgan fingerprint density at radius 2 is 1.92 bits per heavy atom. The molecule has 1 saturated heterocycles. The Balaban J connectivity index is 2.39. The van der Waals surface area contributed by atoms with Crippen molar-refractivity contribution in [2.24, 2.45) is 0 Å². The molecule has 0 aromatic heterocycles. The third-order valence-corrected chi connectivity index (χ3v) is 3.13. The molecule has 0 aliphatic carbocycles. The molecule has 0 saturated carbocycles. The highest BCUT2D eigenvalue weighted by molar-refractivity contribution is 6.63. The van der Waals surface area contributed by atoms with Gasteiger partial charge in [0, 0.05) is 25.0 Å². The molecule has 1 rings (SSSR count). The summed E-state index contributed by atoms with van der Waals surface area (Å²) in [6.45, 7) is 5.29. The van der Waals surface area contributed by atoms with Gasteiger partial charge in [-0.15, -0.1) is 0 Å². The smallest absolute Gasteiger partial charge is 0.222 e. The number of carbonyl (C=O) groups excluding carboxylic acids is 1. The van der Waals surface area contributed by atoms with Crippen LogP contribution in [0.4, 0.5) is 0 Å². The van der Waals surface area contributed by atoms with Gasteiger partial charge in [-0.05, 0) is 38.3 Å². The molecule has 0 bridgehead atoms. The fraction of sp³-hybridized carbons (Fsp3) is 0.900. The quantitative estimate of drug-likeness (QED) is 0.657. The van der Waals surface area contributed by atoms with Crippen LogP contribution in [0.25, 0.3) is 0 Å². The minimum atomic E-state index is -0.218. The second kappa shape index (κ2) is 4.97. The molecule has 2 unspecified atom stereocenters. The number of carbonyl (C=O) groups is 1. The summed E-state index contributed by atoms with van der Waals surface area (Å²) >= 11 is 5.33. The third-order valence-electron chi connectivity index (χ3n) is 2.94. The zero-order valence-electron chi connectivity index (χ0n) is 8.42. The molecule has 1 aliphatic rings. The maximum absolute atomic E-state index is 10.6. The summed E-state index contributed by atoms with van der Waals surface area (Å²) in [5, 5.41) is -0.218. The zero-order valence-corrected chi connectivity index (χ0v) is 9.18. The summed E-state index contributed by atoms with van der Waals surface area (Å²) in [5.74, 6) is 0. The molecule has 0 amide bonds. The Hall–Kier alpha value is -0.0800. The molecule has 2 nitrogen and oxygen atoms in total. The Morgan fingerprint density at radius 3 is 2.38 bits per heavy atom. The fourth-order valence-corrected chi connectivity index (χ4v) is 2.22. The number of halogens is 1. The van der Waals surface area contributed by atoms with Crippen molar-refractivity contribution in [3.8, 4) is 0 Å². The monoisotopic (exact) mass is 203 g/mol. The minimum absolute atomic E-state index is 0.218. The van der Waals surface area contributed by atoms with E-state index in [1.165, 1.54) is 19.3 Å². The van der Waals surface area contributed by atoms with Crippen LogP contribution in [0.15, 0.2) is 0 Å². The zero-order chi connectivity index (χ0) is 9.84. The normalized spacial score (nSPS) is 30.4. The molecule has 0 radical (unpaired) electrons. The van der Waals surface area contributed by atoms with Crippen molar-refractivity contribution in [2.45, 2.75) is 51.6 Å². The van der Waals surface area contributed by atoms with Crippen LogP contribution in [0.5, 0.6) is 0 Å². The SMILES string of the molecule is CC1CCCC(C)N1CCC(=O)Cl. The Bertz CT molecular complexity index is 174. The standard InChI is InChI=1S/C10H18ClNO/c1-8-4-3-5-9(2)12(8)7-6-10(11)13/h8-9H,3-7H2,1-2H3. The molecular weight excluding hydrogens is 186 g/mol. The summed E-state index contributed by atoms with van der Waals surface area (Å²) in [6.07, 6.45) is 4.30. The van der Waals surface area contributed by atoms with Gasteiger partial charge in [0.05, 0.1) is 0 Å². The van der Waals surface area contributed by atoms with Crippen molar-refractivity contribution < 1.29 is 4.79 Å². The largest absolute Gasteiger partial charge is 0.298 e. The summed E-state index contributed by atoms with van der Waals surface area (Å²) in [6, 6.07) is 1.22. The van der Waals surface area contributed by atoms with E-state index in [1.54, 1.807) is 0 Å². The number of hydrogen-bond acceptors (Lipinski definition) is 2. The van der Waals surface area contributed by atoms with Crippen molar-refractivity contribution in [1.82, 2.24) is 4.90 Å². The van der Waals surface area contributed by atoms with Gasteiger partial charge in [-0.3, -0.25) is 9.69 Å². The van der Waals surface area contributed by atoms with Gasteiger partial charge in [0.1, 0.15) is 0 Å². The first kappa shape index (κ1) is 11.0. The highest BCUT2D eigenvalue weighted by Crippen LogP contribution is 2.22. The lowest BCUT2D eigenvalue weighted by atomic mass is 9.97. The van der Waals surface area contributed by atoms with Gasteiger partial charge >= 0.3 is 0 Å². The molecule has 13 heavy (non-hydrogen) atoms. The van der Waals surface area contributed by atoms with Gasteiger partial charge in [0.25, 0.3) is 0 Å². The molecule has 0 spiro atoms. The van der Waals surface area contributed by atoms with Crippen molar-refractivity contribution in [3.63, 3.8) is 0 Å². The fourth-order valence-electron chi connectivity index (χ4n) is 2.13. The Labute approximate surface area is 85.2 Å². The lowest BCUT2D eigenvalue weighted by Crippen LogP contribution is -2.44. The number of likely N-dealkylation sites (tertiary alicyclic amines) is 1. The van der Waals surface area contributed by atoms with Crippen LogP contribution in [0.1, 0.15) is 39.5 Å². The van der Waals surface area contributed by atoms with Gasteiger partial charge in [0.2, 0.25) is 5.24 Å². The van der Waals surface area contributed by atoms with E-state index < -0.39 is 0 Å². The second-order valence-corrected chi connectivity index (χ2v) is 4.39. The molecule has 0 N–H and O–H groups in total. The summed E-state index contributed by atoms with van der Waals surface area (Å²) in [4.78, 5) is 13.0. The van der Waals surface area contributed by atoms with Crippen LogP contribution >= 0.6 is 11.6 Å². The highest BCUT2D eigenvalue weighted by Gasteiger charge is 2.24. The van der Waals surface area contributed by atoms with E-state index in [9.17, 15) is 4.79 Å². The maximum Gasteiger partial charge on any atom is 0.222 e. The van der Waals surface area contributed by atoms with E-state index in [-0.39, 0.29) is 5.24 Å². The average molecular weight is 204 g/mol. The summed E-state index contributed by atoms with van der Waals surface area (Å²) in [5.41, 5.74) is 0. The van der Waals surface area contributed by atoms with Gasteiger partial charge in [-0.2, -0.15) is 0 Å². The first-order chi connectivity index (χ1) is 6.11. The van der Waals surface area contributed by atoms with Crippen LogP contribution in [-0.4, -0.2) is 28.8 Å². The van der Waals surface area contributed by atoms with Crippen molar-refractivity contribution in [2.75, 3.05) is 6.54 Å². The van der Waals surface area contributed by atoms with Crippen molar-refractivity contribution in [3.05, 3.63) is 0 Å². The molecule has 1 fully saturated rings. The molecule has 0 aromatic carbocycles. The molecular formula is C10H18ClNO. The van der Waals surface area contributed by atoms with Gasteiger partial charge < -0.3 is 0 Å². The lowest BCUT2D eigenvalue weighted by molar-refractivity contribution is -0.112. The van der Waals surface area contributed by atoms with Gasteiger partial charge in [-0.1, -0.05) is 6.42 Å². The molecule has 1 heterocycles. The maximum atomic E-state index is 10.6. The lowest BCUT2D eigenvalue weighted by Gasteiger charge is -2.38. The molecule has 1 aliphatic heterocycles. The number of rotatable bonds is 3.